The number of hydrogen-bond donors (Lipinski definition) is 2. The molecule has 0 bridgehead atoms. The van der Waals surface area contributed by atoms with Crippen molar-refractivity contribution in [1.82, 2.24) is 15.3 Å². The highest BCUT2D eigenvalue weighted by Crippen LogP contribution is 2.31. The van der Waals surface area contributed by atoms with Crippen molar-refractivity contribution >= 4 is 11.0 Å². The third-order valence-electron chi connectivity index (χ3n) is 3.94. The fourth-order valence-corrected chi connectivity index (χ4v) is 2.68. The molecule has 0 aliphatic carbocycles. The lowest BCUT2D eigenvalue weighted by Gasteiger charge is -2.08. The van der Waals surface area contributed by atoms with Crippen molar-refractivity contribution in [1.29, 1.82) is 0 Å². The highest BCUT2D eigenvalue weighted by atomic mass is 19.4. The Labute approximate surface area is 149 Å². The van der Waals surface area contributed by atoms with E-state index in [4.69, 9.17) is 4.74 Å². The van der Waals surface area contributed by atoms with Crippen LogP contribution >= 0.6 is 0 Å². The van der Waals surface area contributed by atoms with Crippen molar-refractivity contribution in [2.45, 2.75) is 19.0 Å². The molecule has 3 aromatic rings. The zero-order valence-electron chi connectivity index (χ0n) is 14.1. The van der Waals surface area contributed by atoms with Gasteiger partial charge in [-0.2, -0.15) is 13.2 Å². The Kier molecular flexibility index (Phi) is 5.78. The van der Waals surface area contributed by atoms with E-state index in [1.54, 1.807) is 18.2 Å². The number of ether oxygens (including phenoxy) is 1. The van der Waals surface area contributed by atoms with Crippen LogP contribution in [0.25, 0.3) is 11.0 Å². The molecule has 26 heavy (non-hydrogen) atoms. The first-order valence-corrected chi connectivity index (χ1v) is 8.47. The first-order chi connectivity index (χ1) is 12.5. The van der Waals surface area contributed by atoms with Crippen LogP contribution in [0, 0.1) is 0 Å². The quantitative estimate of drug-likeness (QED) is 0.590. The molecular formula is C19H20F3N3O. The van der Waals surface area contributed by atoms with E-state index in [0.29, 0.717) is 24.4 Å². The number of halogens is 3. The van der Waals surface area contributed by atoms with Crippen molar-refractivity contribution < 1.29 is 17.9 Å². The molecule has 0 saturated carbocycles. The van der Waals surface area contributed by atoms with Crippen LogP contribution < -0.4 is 10.1 Å². The minimum atomic E-state index is -4.50. The van der Waals surface area contributed by atoms with E-state index in [2.05, 4.69) is 27.4 Å². The summed E-state index contributed by atoms with van der Waals surface area (Å²) in [6.45, 7) is 1.82. The average molecular weight is 363 g/mol. The first-order valence-electron chi connectivity index (χ1n) is 8.47. The van der Waals surface area contributed by atoms with Crippen LogP contribution in [0.2, 0.25) is 0 Å². The lowest BCUT2D eigenvalue weighted by molar-refractivity contribution is -0.144. The van der Waals surface area contributed by atoms with Crippen LogP contribution in [0.4, 0.5) is 13.2 Å². The van der Waals surface area contributed by atoms with Crippen LogP contribution in [0.15, 0.2) is 48.5 Å². The maximum absolute atomic E-state index is 12.8. The Hall–Kier alpha value is -2.54. The van der Waals surface area contributed by atoms with Gasteiger partial charge in [0.15, 0.2) is 0 Å². The molecular weight excluding hydrogens is 343 g/mol. The van der Waals surface area contributed by atoms with Gasteiger partial charge in [0.1, 0.15) is 17.9 Å². The highest BCUT2D eigenvalue weighted by Gasteiger charge is 2.35. The lowest BCUT2D eigenvalue weighted by Crippen LogP contribution is -2.22. The van der Waals surface area contributed by atoms with Gasteiger partial charge < -0.3 is 15.0 Å². The molecule has 3 rings (SSSR count). The van der Waals surface area contributed by atoms with Gasteiger partial charge in [0.2, 0.25) is 5.82 Å². The molecule has 0 radical (unpaired) electrons. The molecule has 0 aliphatic rings. The molecule has 0 fully saturated rings. The number of para-hydroxylation sites is 1. The van der Waals surface area contributed by atoms with E-state index < -0.39 is 12.0 Å². The van der Waals surface area contributed by atoms with Gasteiger partial charge in [0, 0.05) is 6.54 Å². The minimum absolute atomic E-state index is 0.198. The highest BCUT2D eigenvalue weighted by molar-refractivity contribution is 5.81. The summed E-state index contributed by atoms with van der Waals surface area (Å²) in [7, 11) is 0. The van der Waals surface area contributed by atoms with Gasteiger partial charge in [-0.05, 0) is 37.1 Å². The van der Waals surface area contributed by atoms with Crippen LogP contribution in [0.1, 0.15) is 17.8 Å². The second kappa shape index (κ2) is 8.23. The number of nitrogens with zero attached hydrogens (tertiary/aromatic N) is 1. The maximum atomic E-state index is 12.8. The van der Waals surface area contributed by atoms with Crippen molar-refractivity contribution in [2.75, 3.05) is 19.7 Å². The van der Waals surface area contributed by atoms with Crippen LogP contribution in [0.5, 0.6) is 5.75 Å². The number of nitrogens with one attached hydrogen (secondary N) is 2. The van der Waals surface area contributed by atoms with E-state index in [1.165, 1.54) is 5.56 Å². The van der Waals surface area contributed by atoms with E-state index >= 15 is 0 Å². The van der Waals surface area contributed by atoms with Gasteiger partial charge in [-0.3, -0.25) is 0 Å². The summed E-state index contributed by atoms with van der Waals surface area (Å²) in [5.41, 5.74) is 1.81. The predicted octanol–water partition coefficient (Wildman–Crippen LogP) is 4.18. The first kappa shape index (κ1) is 18.3. The third kappa shape index (κ3) is 4.76. The fourth-order valence-electron chi connectivity index (χ4n) is 2.68. The van der Waals surface area contributed by atoms with Crippen molar-refractivity contribution in [3.63, 3.8) is 0 Å². The van der Waals surface area contributed by atoms with E-state index in [1.807, 2.05) is 18.2 Å². The molecule has 138 valence electrons. The molecule has 2 aromatic carbocycles. The standard InChI is InChI=1S/C19H20F3N3O/c20-19(21,22)18-24-15-9-4-10-16(17(15)25-18)26-13-12-23-11-5-8-14-6-2-1-3-7-14/h1-4,6-7,9-10,23H,5,8,11-13H2,(H,24,25). The zero-order valence-corrected chi connectivity index (χ0v) is 14.1. The van der Waals surface area contributed by atoms with Gasteiger partial charge >= 0.3 is 6.18 Å². The third-order valence-corrected chi connectivity index (χ3v) is 3.94. The number of alkyl halides is 3. The summed E-state index contributed by atoms with van der Waals surface area (Å²) in [5.74, 6) is -0.664. The van der Waals surface area contributed by atoms with Crippen LogP contribution in [-0.4, -0.2) is 29.7 Å². The Morgan fingerprint density at radius 2 is 1.81 bits per heavy atom. The van der Waals surface area contributed by atoms with Gasteiger partial charge in [0.05, 0.1) is 5.52 Å². The molecule has 4 nitrogen and oxygen atoms in total. The number of aryl methyl sites for hydroxylation is 1. The molecule has 0 unspecified atom stereocenters. The normalized spacial score (nSPS) is 11.8. The Bertz CT molecular complexity index is 831. The van der Waals surface area contributed by atoms with Crippen molar-refractivity contribution in [2.24, 2.45) is 0 Å². The number of imidazole rings is 1. The number of aromatic nitrogens is 2. The van der Waals surface area contributed by atoms with Crippen LogP contribution in [0.3, 0.4) is 0 Å². The number of benzene rings is 2. The maximum Gasteiger partial charge on any atom is 0.449 e. The van der Waals surface area contributed by atoms with Gasteiger partial charge in [-0.25, -0.2) is 4.98 Å². The molecule has 0 amide bonds. The number of rotatable bonds is 8. The predicted molar refractivity (Wildman–Crippen MR) is 94.2 cm³/mol. The van der Waals surface area contributed by atoms with Crippen molar-refractivity contribution in [3.05, 3.63) is 59.9 Å². The zero-order chi connectivity index (χ0) is 18.4. The van der Waals surface area contributed by atoms with E-state index in [9.17, 15) is 13.2 Å². The summed E-state index contributed by atoms with van der Waals surface area (Å²) in [6, 6.07) is 15.1. The summed E-state index contributed by atoms with van der Waals surface area (Å²) in [4.78, 5) is 5.90. The minimum Gasteiger partial charge on any atom is -0.490 e. The number of H-pyrrole nitrogens is 1. The number of fused-ring (bicyclic) bond motifs is 1. The summed E-state index contributed by atoms with van der Waals surface area (Å²) < 4.78 is 43.9. The number of hydrogen-bond acceptors (Lipinski definition) is 3. The molecule has 0 saturated heterocycles. The molecule has 2 N–H and O–H groups in total. The van der Waals surface area contributed by atoms with Gasteiger partial charge in [-0.1, -0.05) is 36.4 Å². The summed E-state index contributed by atoms with van der Waals surface area (Å²) in [5, 5.41) is 3.27. The van der Waals surface area contributed by atoms with Crippen LogP contribution in [-0.2, 0) is 12.6 Å². The average Bonchev–Trinajstić information content (AvgIpc) is 3.07. The Morgan fingerprint density at radius 3 is 2.58 bits per heavy atom. The molecule has 7 heteroatoms. The molecule has 0 aliphatic heterocycles. The second-order valence-electron chi connectivity index (χ2n) is 5.92. The van der Waals surface area contributed by atoms with E-state index in [-0.39, 0.29) is 5.52 Å². The topological polar surface area (TPSA) is 49.9 Å². The lowest BCUT2D eigenvalue weighted by atomic mass is 10.1. The fraction of sp³-hybridized carbons (Fsp3) is 0.316. The monoisotopic (exact) mass is 363 g/mol. The summed E-state index contributed by atoms with van der Waals surface area (Å²) >= 11 is 0. The summed E-state index contributed by atoms with van der Waals surface area (Å²) in [6.07, 6.45) is -2.49. The SMILES string of the molecule is FC(F)(F)c1nc2c(OCCNCCCc3ccccc3)cccc2[nH]1. The van der Waals surface area contributed by atoms with Crippen molar-refractivity contribution in [3.8, 4) is 5.75 Å². The molecule has 1 heterocycles. The molecule has 0 atom stereocenters. The van der Waals surface area contributed by atoms with Gasteiger partial charge in [-0.15, -0.1) is 0 Å². The molecule has 1 aromatic heterocycles. The molecule has 0 spiro atoms. The second-order valence-corrected chi connectivity index (χ2v) is 5.92. The smallest absolute Gasteiger partial charge is 0.449 e. The number of aromatic amines is 1. The Balaban J connectivity index is 1.44. The van der Waals surface area contributed by atoms with Gasteiger partial charge in [0.25, 0.3) is 0 Å². The van der Waals surface area contributed by atoms with E-state index in [0.717, 1.165) is 19.4 Å². The Morgan fingerprint density at radius 1 is 1.00 bits per heavy atom. The largest absolute Gasteiger partial charge is 0.490 e.